The minimum Gasteiger partial charge on any atom is -0.480 e. The number of carboxylic acid groups (broad SMARTS) is 1. The average molecular weight is 251 g/mol. The van der Waals surface area contributed by atoms with Gasteiger partial charge in [-0.15, -0.1) is 0 Å². The Morgan fingerprint density at radius 1 is 1.67 bits per heavy atom. The van der Waals surface area contributed by atoms with E-state index < -0.39 is 11.5 Å². The lowest BCUT2D eigenvalue weighted by atomic mass is 10.0. The summed E-state index contributed by atoms with van der Waals surface area (Å²) in [7, 11) is 0. The molecule has 1 heterocycles. The van der Waals surface area contributed by atoms with Crippen molar-refractivity contribution < 1.29 is 9.90 Å². The molecule has 1 saturated carbocycles. The van der Waals surface area contributed by atoms with Gasteiger partial charge in [0.05, 0.1) is 6.54 Å². The Bertz CT molecular complexity index is 426. The summed E-state index contributed by atoms with van der Waals surface area (Å²) in [6, 6.07) is 0.365. The summed E-state index contributed by atoms with van der Waals surface area (Å²) in [6.45, 7) is 4.27. The molecule has 1 atom stereocenters. The lowest BCUT2D eigenvalue weighted by Gasteiger charge is -2.27. The molecule has 5 heteroatoms. The average Bonchev–Trinajstić information content (AvgIpc) is 3.01. The van der Waals surface area contributed by atoms with Gasteiger partial charge < -0.3 is 9.67 Å². The van der Waals surface area contributed by atoms with Crippen LogP contribution in [0, 0.1) is 0 Å². The standard InChI is InChI=1S/C13H21N3O2/c1-3-4-11-14-7-8-16(11)9-13(2,12(17)18)15-10-5-6-10/h7-8,10,15H,3-6,9H2,1-2H3,(H,17,18). The van der Waals surface area contributed by atoms with Gasteiger partial charge in [0.15, 0.2) is 0 Å². The van der Waals surface area contributed by atoms with E-state index >= 15 is 0 Å². The van der Waals surface area contributed by atoms with Crippen LogP contribution in [0.5, 0.6) is 0 Å². The monoisotopic (exact) mass is 251 g/mol. The first-order valence-corrected chi connectivity index (χ1v) is 6.56. The highest BCUT2D eigenvalue weighted by Gasteiger charge is 2.39. The Morgan fingerprint density at radius 3 is 2.94 bits per heavy atom. The lowest BCUT2D eigenvalue weighted by Crippen LogP contribution is -2.53. The predicted octanol–water partition coefficient (Wildman–Crippen LogP) is 1.43. The van der Waals surface area contributed by atoms with E-state index in [1.165, 1.54) is 0 Å². The highest BCUT2D eigenvalue weighted by molar-refractivity contribution is 5.78. The Balaban J connectivity index is 2.11. The number of aliphatic carboxylic acids is 1. The van der Waals surface area contributed by atoms with Crippen molar-refractivity contribution in [2.75, 3.05) is 0 Å². The van der Waals surface area contributed by atoms with E-state index in [1.54, 1.807) is 13.1 Å². The first-order chi connectivity index (χ1) is 8.55. The fourth-order valence-electron chi connectivity index (χ4n) is 2.13. The normalized spacial score (nSPS) is 18.6. The fourth-order valence-corrected chi connectivity index (χ4v) is 2.13. The van der Waals surface area contributed by atoms with Crippen molar-refractivity contribution in [3.63, 3.8) is 0 Å². The van der Waals surface area contributed by atoms with Crippen LogP contribution in [0.2, 0.25) is 0 Å². The summed E-state index contributed by atoms with van der Waals surface area (Å²) in [5.74, 6) is 0.160. The van der Waals surface area contributed by atoms with Crippen molar-refractivity contribution in [1.82, 2.24) is 14.9 Å². The number of aromatic nitrogens is 2. The van der Waals surface area contributed by atoms with Crippen molar-refractivity contribution in [1.29, 1.82) is 0 Å². The number of aryl methyl sites for hydroxylation is 1. The first-order valence-electron chi connectivity index (χ1n) is 6.56. The molecule has 1 fully saturated rings. The van der Waals surface area contributed by atoms with Crippen molar-refractivity contribution >= 4 is 5.97 Å². The summed E-state index contributed by atoms with van der Waals surface area (Å²) < 4.78 is 1.95. The van der Waals surface area contributed by atoms with Crippen LogP contribution in [0.1, 0.15) is 38.9 Å². The third-order valence-electron chi connectivity index (χ3n) is 3.33. The number of carboxylic acids is 1. The van der Waals surface area contributed by atoms with Gasteiger partial charge in [-0.1, -0.05) is 6.92 Å². The van der Waals surface area contributed by atoms with Gasteiger partial charge in [0, 0.05) is 24.9 Å². The summed E-state index contributed by atoms with van der Waals surface area (Å²) >= 11 is 0. The molecule has 1 unspecified atom stereocenters. The van der Waals surface area contributed by atoms with E-state index in [0.717, 1.165) is 31.5 Å². The second kappa shape index (κ2) is 5.10. The van der Waals surface area contributed by atoms with Crippen LogP contribution in [0.3, 0.4) is 0 Å². The Kier molecular flexibility index (Phi) is 3.71. The van der Waals surface area contributed by atoms with Crippen LogP contribution in [-0.2, 0) is 17.8 Å². The first kappa shape index (κ1) is 13.1. The molecule has 1 aliphatic rings. The maximum absolute atomic E-state index is 11.5. The molecule has 0 aromatic carbocycles. The zero-order valence-corrected chi connectivity index (χ0v) is 11.0. The molecule has 0 radical (unpaired) electrons. The number of nitrogens with one attached hydrogen (secondary N) is 1. The number of rotatable bonds is 7. The Morgan fingerprint density at radius 2 is 2.39 bits per heavy atom. The topological polar surface area (TPSA) is 67.2 Å². The number of imidazole rings is 1. The van der Waals surface area contributed by atoms with Crippen LogP contribution in [0.4, 0.5) is 0 Å². The van der Waals surface area contributed by atoms with E-state index in [-0.39, 0.29) is 0 Å². The molecule has 1 aliphatic carbocycles. The molecule has 1 aromatic heterocycles. The van der Waals surface area contributed by atoms with Crippen LogP contribution >= 0.6 is 0 Å². The van der Waals surface area contributed by atoms with Gasteiger partial charge in [-0.25, -0.2) is 4.98 Å². The third kappa shape index (κ3) is 2.90. The van der Waals surface area contributed by atoms with Gasteiger partial charge in [0.2, 0.25) is 0 Å². The van der Waals surface area contributed by atoms with Gasteiger partial charge in [0.25, 0.3) is 0 Å². The maximum atomic E-state index is 11.5. The molecule has 0 bridgehead atoms. The summed E-state index contributed by atoms with van der Waals surface area (Å²) in [5.41, 5.74) is -0.912. The zero-order chi connectivity index (χ0) is 13.2. The molecular weight excluding hydrogens is 230 g/mol. The summed E-state index contributed by atoms with van der Waals surface area (Å²) in [6.07, 6.45) is 7.65. The molecule has 100 valence electrons. The number of hydrogen-bond donors (Lipinski definition) is 2. The molecule has 1 aromatic rings. The summed E-state index contributed by atoms with van der Waals surface area (Å²) in [5, 5.41) is 12.7. The highest BCUT2D eigenvalue weighted by atomic mass is 16.4. The number of carbonyl (C=O) groups is 1. The van der Waals surface area contributed by atoms with Crippen LogP contribution in [-0.4, -0.2) is 32.2 Å². The SMILES string of the molecule is CCCc1nccn1CC(C)(NC1CC1)C(=O)O. The van der Waals surface area contributed by atoms with Crippen molar-refractivity contribution in [3.8, 4) is 0 Å². The van der Waals surface area contributed by atoms with Crippen molar-refractivity contribution in [2.24, 2.45) is 0 Å². The number of nitrogens with zero attached hydrogens (tertiary/aromatic N) is 2. The molecular formula is C13H21N3O2. The van der Waals surface area contributed by atoms with E-state index in [4.69, 9.17) is 0 Å². The highest BCUT2D eigenvalue weighted by Crippen LogP contribution is 2.24. The molecule has 2 N–H and O–H groups in total. The van der Waals surface area contributed by atoms with Gasteiger partial charge in [0.1, 0.15) is 11.4 Å². The molecule has 5 nitrogen and oxygen atoms in total. The molecule has 0 saturated heterocycles. The van der Waals surface area contributed by atoms with Crippen LogP contribution in [0.25, 0.3) is 0 Å². The van der Waals surface area contributed by atoms with Gasteiger partial charge in [-0.2, -0.15) is 0 Å². The molecule has 0 spiro atoms. The van der Waals surface area contributed by atoms with E-state index in [9.17, 15) is 9.90 Å². The third-order valence-corrected chi connectivity index (χ3v) is 3.33. The van der Waals surface area contributed by atoms with E-state index in [1.807, 2.05) is 10.8 Å². The quantitative estimate of drug-likeness (QED) is 0.769. The van der Waals surface area contributed by atoms with Crippen molar-refractivity contribution in [2.45, 2.75) is 57.7 Å². The van der Waals surface area contributed by atoms with E-state index in [0.29, 0.717) is 12.6 Å². The van der Waals surface area contributed by atoms with Gasteiger partial charge >= 0.3 is 5.97 Å². The zero-order valence-electron chi connectivity index (χ0n) is 11.0. The van der Waals surface area contributed by atoms with Gasteiger partial charge in [-0.3, -0.25) is 10.1 Å². The second-order valence-corrected chi connectivity index (χ2v) is 5.28. The molecule has 18 heavy (non-hydrogen) atoms. The number of hydrogen-bond acceptors (Lipinski definition) is 3. The summed E-state index contributed by atoms with van der Waals surface area (Å²) in [4.78, 5) is 15.8. The van der Waals surface area contributed by atoms with E-state index in [2.05, 4.69) is 17.2 Å². The fraction of sp³-hybridized carbons (Fsp3) is 0.692. The van der Waals surface area contributed by atoms with Crippen LogP contribution < -0.4 is 5.32 Å². The molecule has 2 rings (SSSR count). The predicted molar refractivity (Wildman–Crippen MR) is 68.4 cm³/mol. The maximum Gasteiger partial charge on any atom is 0.325 e. The Hall–Kier alpha value is -1.36. The van der Waals surface area contributed by atoms with Crippen molar-refractivity contribution in [3.05, 3.63) is 18.2 Å². The molecule has 0 amide bonds. The molecule has 0 aliphatic heterocycles. The smallest absolute Gasteiger partial charge is 0.325 e. The largest absolute Gasteiger partial charge is 0.480 e. The van der Waals surface area contributed by atoms with Crippen LogP contribution in [0.15, 0.2) is 12.4 Å². The second-order valence-electron chi connectivity index (χ2n) is 5.28. The lowest BCUT2D eigenvalue weighted by molar-refractivity contribution is -0.144. The Labute approximate surface area is 107 Å². The minimum absolute atomic E-state index is 0.365. The van der Waals surface area contributed by atoms with Gasteiger partial charge in [-0.05, 0) is 26.2 Å². The minimum atomic E-state index is -0.912.